The molecule has 96 valence electrons. The molecule has 2 heterocycles. The van der Waals surface area contributed by atoms with Gasteiger partial charge in [-0.3, -0.25) is 4.68 Å². The molecule has 0 saturated heterocycles. The van der Waals surface area contributed by atoms with Crippen LogP contribution < -0.4 is 10.1 Å². The summed E-state index contributed by atoms with van der Waals surface area (Å²) in [5.74, 6) is 0.764. The van der Waals surface area contributed by atoms with Crippen molar-refractivity contribution in [1.29, 1.82) is 0 Å². The van der Waals surface area contributed by atoms with Gasteiger partial charge in [-0.1, -0.05) is 6.92 Å². The molecule has 6 heteroatoms. The van der Waals surface area contributed by atoms with Crippen molar-refractivity contribution in [3.05, 3.63) is 35.9 Å². The predicted octanol–water partition coefficient (Wildman–Crippen LogP) is 0.918. The van der Waals surface area contributed by atoms with Crippen molar-refractivity contribution in [3.8, 4) is 5.75 Å². The minimum atomic E-state index is -0.00653. The lowest BCUT2D eigenvalue weighted by atomic mass is 10.1. The van der Waals surface area contributed by atoms with Crippen molar-refractivity contribution < 1.29 is 4.74 Å². The van der Waals surface area contributed by atoms with Crippen LogP contribution in [0.2, 0.25) is 0 Å². The number of ether oxygens (including phenoxy) is 1. The van der Waals surface area contributed by atoms with Crippen LogP contribution in [0.15, 0.2) is 24.7 Å². The third-order valence-electron chi connectivity index (χ3n) is 2.79. The van der Waals surface area contributed by atoms with Gasteiger partial charge in [-0.2, -0.15) is 15.3 Å². The van der Waals surface area contributed by atoms with E-state index in [0.717, 1.165) is 23.6 Å². The van der Waals surface area contributed by atoms with Crippen molar-refractivity contribution in [2.75, 3.05) is 13.7 Å². The Morgan fingerprint density at radius 2 is 2.22 bits per heavy atom. The lowest BCUT2D eigenvalue weighted by Crippen LogP contribution is -2.25. The predicted molar refractivity (Wildman–Crippen MR) is 67.3 cm³/mol. The second kappa shape index (κ2) is 5.59. The Bertz CT molecular complexity index is 496. The summed E-state index contributed by atoms with van der Waals surface area (Å²) in [6, 6.07) is 1.93. The first-order valence-electron chi connectivity index (χ1n) is 5.83. The van der Waals surface area contributed by atoms with E-state index < -0.39 is 0 Å². The monoisotopic (exact) mass is 247 g/mol. The molecule has 0 aliphatic carbocycles. The average molecular weight is 247 g/mol. The number of hydrogen-bond donors (Lipinski definition) is 1. The van der Waals surface area contributed by atoms with Gasteiger partial charge in [0.2, 0.25) is 0 Å². The average Bonchev–Trinajstić information content (AvgIpc) is 2.78. The Morgan fingerprint density at radius 1 is 1.39 bits per heavy atom. The molecule has 6 nitrogen and oxygen atoms in total. The summed E-state index contributed by atoms with van der Waals surface area (Å²) in [5.41, 5.74) is 2.01. The first-order chi connectivity index (χ1) is 8.77. The fraction of sp³-hybridized carbons (Fsp3) is 0.417. The highest BCUT2D eigenvalue weighted by molar-refractivity contribution is 5.34. The summed E-state index contributed by atoms with van der Waals surface area (Å²) in [6.07, 6.45) is 5.15. The zero-order valence-corrected chi connectivity index (χ0v) is 10.8. The number of nitrogens with one attached hydrogen (secondary N) is 1. The maximum absolute atomic E-state index is 5.36. The quantitative estimate of drug-likeness (QED) is 0.851. The van der Waals surface area contributed by atoms with Crippen LogP contribution in [0.3, 0.4) is 0 Å². The highest BCUT2D eigenvalue weighted by Gasteiger charge is 2.21. The van der Waals surface area contributed by atoms with Crippen molar-refractivity contribution in [1.82, 2.24) is 25.3 Å². The molecule has 2 aromatic heterocycles. The molecule has 2 rings (SSSR count). The van der Waals surface area contributed by atoms with Crippen LogP contribution in [0.1, 0.15) is 24.2 Å². The van der Waals surface area contributed by atoms with E-state index in [4.69, 9.17) is 4.74 Å². The molecule has 1 N–H and O–H groups in total. The van der Waals surface area contributed by atoms with Crippen LogP contribution >= 0.6 is 0 Å². The molecule has 0 amide bonds. The summed E-state index contributed by atoms with van der Waals surface area (Å²) in [4.78, 5) is 0. The topological polar surface area (TPSA) is 64.9 Å². The SMILES string of the molecule is CCNC(c1ccnnc1)c1c(OC)cnn1C. The van der Waals surface area contributed by atoms with Crippen LogP contribution in [-0.4, -0.2) is 33.6 Å². The van der Waals surface area contributed by atoms with E-state index in [-0.39, 0.29) is 6.04 Å². The Balaban J connectivity index is 2.44. The number of nitrogens with zero attached hydrogens (tertiary/aromatic N) is 4. The molecule has 1 unspecified atom stereocenters. The molecular weight excluding hydrogens is 230 g/mol. The third-order valence-corrected chi connectivity index (χ3v) is 2.79. The van der Waals surface area contributed by atoms with Gasteiger partial charge in [0.15, 0.2) is 5.75 Å². The normalized spacial score (nSPS) is 12.4. The van der Waals surface area contributed by atoms with Gasteiger partial charge in [0, 0.05) is 13.2 Å². The Kier molecular flexibility index (Phi) is 3.88. The van der Waals surface area contributed by atoms with Crippen molar-refractivity contribution in [2.24, 2.45) is 7.05 Å². The molecule has 0 spiro atoms. The maximum atomic E-state index is 5.36. The van der Waals surface area contributed by atoms with Crippen LogP contribution in [0, 0.1) is 0 Å². The van der Waals surface area contributed by atoms with Crippen LogP contribution in [-0.2, 0) is 7.05 Å². The van der Waals surface area contributed by atoms with E-state index in [1.54, 1.807) is 25.7 Å². The van der Waals surface area contributed by atoms with Gasteiger partial charge in [0.25, 0.3) is 0 Å². The smallest absolute Gasteiger partial charge is 0.161 e. The Hall–Kier alpha value is -1.95. The van der Waals surface area contributed by atoms with E-state index in [0.29, 0.717) is 0 Å². The summed E-state index contributed by atoms with van der Waals surface area (Å²) >= 11 is 0. The van der Waals surface area contributed by atoms with Gasteiger partial charge in [-0.15, -0.1) is 0 Å². The molecule has 0 aliphatic rings. The third kappa shape index (κ3) is 2.33. The van der Waals surface area contributed by atoms with E-state index in [1.165, 1.54) is 0 Å². The highest BCUT2D eigenvalue weighted by atomic mass is 16.5. The molecule has 0 aromatic carbocycles. The number of methoxy groups -OCH3 is 1. The molecule has 0 saturated carbocycles. The second-order valence-corrected chi connectivity index (χ2v) is 3.89. The first kappa shape index (κ1) is 12.5. The Morgan fingerprint density at radius 3 is 2.83 bits per heavy atom. The van der Waals surface area contributed by atoms with Gasteiger partial charge < -0.3 is 10.1 Å². The number of aromatic nitrogens is 4. The van der Waals surface area contributed by atoms with Crippen LogP contribution in [0.5, 0.6) is 5.75 Å². The fourth-order valence-electron chi connectivity index (χ4n) is 1.96. The van der Waals surface area contributed by atoms with Crippen molar-refractivity contribution >= 4 is 0 Å². The number of hydrogen-bond acceptors (Lipinski definition) is 5. The molecule has 0 bridgehead atoms. The molecular formula is C12H17N5O. The summed E-state index contributed by atoms with van der Waals surface area (Å²) in [7, 11) is 3.55. The Labute approximate surface area is 106 Å². The van der Waals surface area contributed by atoms with Crippen LogP contribution in [0.4, 0.5) is 0 Å². The van der Waals surface area contributed by atoms with Gasteiger partial charge in [-0.25, -0.2) is 0 Å². The van der Waals surface area contributed by atoms with E-state index in [2.05, 4.69) is 27.5 Å². The van der Waals surface area contributed by atoms with Gasteiger partial charge >= 0.3 is 0 Å². The zero-order chi connectivity index (χ0) is 13.0. The van der Waals surface area contributed by atoms with Crippen molar-refractivity contribution in [2.45, 2.75) is 13.0 Å². The van der Waals surface area contributed by atoms with Gasteiger partial charge in [0.05, 0.1) is 25.5 Å². The standard InChI is InChI=1S/C12H17N5O/c1-4-13-11(9-5-6-14-15-7-9)12-10(18-3)8-16-17(12)2/h5-8,11,13H,4H2,1-3H3. The lowest BCUT2D eigenvalue weighted by molar-refractivity contribution is 0.401. The molecule has 1 atom stereocenters. The van der Waals surface area contributed by atoms with Crippen LogP contribution in [0.25, 0.3) is 0 Å². The first-order valence-corrected chi connectivity index (χ1v) is 5.83. The van der Waals surface area contributed by atoms with E-state index in [1.807, 2.05) is 17.8 Å². The van der Waals surface area contributed by atoms with Gasteiger partial charge in [0.1, 0.15) is 5.69 Å². The number of rotatable bonds is 5. The van der Waals surface area contributed by atoms with E-state index >= 15 is 0 Å². The highest BCUT2D eigenvalue weighted by Crippen LogP contribution is 2.28. The summed E-state index contributed by atoms with van der Waals surface area (Å²) in [5, 5.41) is 15.4. The molecule has 0 radical (unpaired) electrons. The maximum Gasteiger partial charge on any atom is 0.161 e. The minimum Gasteiger partial charge on any atom is -0.493 e. The second-order valence-electron chi connectivity index (χ2n) is 3.89. The summed E-state index contributed by atoms with van der Waals surface area (Å²) < 4.78 is 7.17. The zero-order valence-electron chi connectivity index (χ0n) is 10.8. The lowest BCUT2D eigenvalue weighted by Gasteiger charge is -2.19. The fourth-order valence-corrected chi connectivity index (χ4v) is 1.96. The number of aryl methyl sites for hydroxylation is 1. The molecule has 0 fully saturated rings. The van der Waals surface area contributed by atoms with E-state index in [9.17, 15) is 0 Å². The minimum absolute atomic E-state index is 0.00653. The molecule has 0 aliphatic heterocycles. The largest absolute Gasteiger partial charge is 0.493 e. The summed E-state index contributed by atoms with van der Waals surface area (Å²) in [6.45, 7) is 2.89. The van der Waals surface area contributed by atoms with Crippen molar-refractivity contribution in [3.63, 3.8) is 0 Å². The van der Waals surface area contributed by atoms with Gasteiger partial charge in [-0.05, 0) is 18.2 Å². The molecule has 18 heavy (non-hydrogen) atoms. The molecule has 2 aromatic rings.